The highest BCUT2D eigenvalue weighted by Crippen LogP contribution is 2.25. The van der Waals surface area contributed by atoms with Crippen LogP contribution < -0.4 is 5.32 Å². The molecule has 0 saturated carbocycles. The fraction of sp³-hybridized carbons (Fsp3) is 0.632. The van der Waals surface area contributed by atoms with Crippen LogP contribution in [0.1, 0.15) is 50.4 Å². The fourth-order valence-electron chi connectivity index (χ4n) is 3.84. The molecule has 1 amide bonds. The zero-order valence-electron chi connectivity index (χ0n) is 16.2. The summed E-state index contributed by atoms with van der Waals surface area (Å²) < 4.78 is 27.4. The number of nitrogens with zero attached hydrogens (tertiary/aromatic N) is 2. The topological polar surface area (TPSA) is 69.7 Å². The number of carbonyl (C=O) groups is 1. The third-order valence-electron chi connectivity index (χ3n) is 5.74. The van der Waals surface area contributed by atoms with Gasteiger partial charge in [-0.05, 0) is 57.9 Å². The van der Waals surface area contributed by atoms with Gasteiger partial charge >= 0.3 is 0 Å². The van der Waals surface area contributed by atoms with Crippen molar-refractivity contribution >= 4 is 28.3 Å². The Morgan fingerprint density at radius 3 is 2.37 bits per heavy atom. The standard InChI is InChI=1S/C19H29N3O3S.ClH/c1-14-6-4-5-12-22(14)26(24,25)18-9-7-17(8-10-18)19(23)21-13-11-20-15(2)16(21)3;/h7-10,14-16,20H,4-6,11-13H2,1-3H3;1H. The minimum Gasteiger partial charge on any atom is -0.333 e. The molecule has 1 N–H and O–H groups in total. The van der Waals surface area contributed by atoms with Crippen molar-refractivity contribution in [2.24, 2.45) is 0 Å². The van der Waals surface area contributed by atoms with Crippen LogP contribution in [0.5, 0.6) is 0 Å². The van der Waals surface area contributed by atoms with Crippen LogP contribution in [0.4, 0.5) is 0 Å². The third-order valence-corrected chi connectivity index (χ3v) is 7.77. The Labute approximate surface area is 168 Å². The molecule has 0 bridgehead atoms. The lowest BCUT2D eigenvalue weighted by molar-refractivity contribution is 0.0603. The van der Waals surface area contributed by atoms with Crippen LogP contribution in [-0.4, -0.2) is 61.3 Å². The molecule has 2 saturated heterocycles. The first kappa shape index (κ1) is 22.1. The number of piperazine rings is 1. The number of carbonyl (C=O) groups excluding carboxylic acids is 1. The van der Waals surface area contributed by atoms with E-state index in [1.807, 2.05) is 18.7 Å². The number of hydrogen-bond donors (Lipinski definition) is 1. The van der Waals surface area contributed by atoms with Crippen LogP contribution in [0.2, 0.25) is 0 Å². The first-order valence-corrected chi connectivity index (χ1v) is 10.9. The van der Waals surface area contributed by atoms with Gasteiger partial charge in [-0.2, -0.15) is 4.31 Å². The second-order valence-corrected chi connectivity index (χ2v) is 9.36. The van der Waals surface area contributed by atoms with Crippen molar-refractivity contribution in [2.45, 2.75) is 63.1 Å². The van der Waals surface area contributed by atoms with Gasteiger partial charge in [-0.1, -0.05) is 6.42 Å². The molecule has 1 aromatic rings. The summed E-state index contributed by atoms with van der Waals surface area (Å²) in [5.41, 5.74) is 0.539. The molecule has 8 heteroatoms. The van der Waals surface area contributed by atoms with E-state index in [1.54, 1.807) is 28.6 Å². The molecule has 0 radical (unpaired) electrons. The molecule has 2 heterocycles. The Kier molecular flexibility index (Phi) is 7.30. The first-order chi connectivity index (χ1) is 12.3. The van der Waals surface area contributed by atoms with E-state index in [-0.39, 0.29) is 41.3 Å². The first-order valence-electron chi connectivity index (χ1n) is 9.48. The van der Waals surface area contributed by atoms with Crippen molar-refractivity contribution in [2.75, 3.05) is 19.6 Å². The van der Waals surface area contributed by atoms with Crippen LogP contribution in [0.15, 0.2) is 29.2 Å². The summed E-state index contributed by atoms with van der Waals surface area (Å²) in [6, 6.07) is 6.80. The largest absolute Gasteiger partial charge is 0.333 e. The molecule has 0 spiro atoms. The molecule has 3 atom stereocenters. The molecular formula is C19H30ClN3O3S. The van der Waals surface area contributed by atoms with E-state index in [0.717, 1.165) is 25.8 Å². The van der Waals surface area contributed by atoms with Gasteiger partial charge in [0.2, 0.25) is 10.0 Å². The molecule has 2 aliphatic heterocycles. The van der Waals surface area contributed by atoms with Gasteiger partial charge < -0.3 is 10.2 Å². The van der Waals surface area contributed by atoms with Crippen molar-refractivity contribution in [3.05, 3.63) is 29.8 Å². The van der Waals surface area contributed by atoms with Gasteiger partial charge in [-0.25, -0.2) is 8.42 Å². The van der Waals surface area contributed by atoms with Crippen LogP contribution in [0, 0.1) is 0 Å². The molecule has 6 nitrogen and oxygen atoms in total. The number of nitrogens with one attached hydrogen (secondary N) is 1. The molecule has 1 aromatic carbocycles. The molecule has 152 valence electrons. The lowest BCUT2D eigenvalue weighted by Gasteiger charge is -2.38. The highest BCUT2D eigenvalue weighted by atomic mass is 35.5. The van der Waals surface area contributed by atoms with Gasteiger partial charge in [0.1, 0.15) is 0 Å². The van der Waals surface area contributed by atoms with Gasteiger partial charge in [0, 0.05) is 43.3 Å². The Morgan fingerprint density at radius 2 is 1.74 bits per heavy atom. The van der Waals surface area contributed by atoms with Crippen LogP contribution >= 0.6 is 12.4 Å². The molecule has 27 heavy (non-hydrogen) atoms. The maximum absolute atomic E-state index is 12.9. The van der Waals surface area contributed by atoms with Crippen molar-refractivity contribution < 1.29 is 13.2 Å². The highest BCUT2D eigenvalue weighted by Gasteiger charge is 2.32. The van der Waals surface area contributed by atoms with E-state index in [2.05, 4.69) is 12.2 Å². The second-order valence-electron chi connectivity index (χ2n) is 7.47. The molecule has 0 aromatic heterocycles. The van der Waals surface area contributed by atoms with Crippen molar-refractivity contribution in [3.63, 3.8) is 0 Å². The predicted octanol–water partition coefficient (Wildman–Crippen LogP) is 2.49. The zero-order chi connectivity index (χ0) is 18.9. The van der Waals surface area contributed by atoms with E-state index in [4.69, 9.17) is 0 Å². The number of halogens is 1. The van der Waals surface area contributed by atoms with Crippen molar-refractivity contribution in [1.82, 2.24) is 14.5 Å². The Morgan fingerprint density at radius 1 is 1.07 bits per heavy atom. The van der Waals surface area contributed by atoms with Crippen LogP contribution in [0.25, 0.3) is 0 Å². The van der Waals surface area contributed by atoms with Crippen LogP contribution in [0.3, 0.4) is 0 Å². The van der Waals surface area contributed by atoms with E-state index >= 15 is 0 Å². The number of benzene rings is 1. The third kappa shape index (κ3) is 4.47. The minimum atomic E-state index is -3.50. The van der Waals surface area contributed by atoms with Gasteiger partial charge in [0.05, 0.1) is 4.90 Å². The molecule has 2 fully saturated rings. The van der Waals surface area contributed by atoms with Crippen molar-refractivity contribution in [1.29, 1.82) is 0 Å². The summed E-state index contributed by atoms with van der Waals surface area (Å²) >= 11 is 0. The molecule has 0 aliphatic carbocycles. The minimum absolute atomic E-state index is 0. The fourth-order valence-corrected chi connectivity index (χ4v) is 5.54. The summed E-state index contributed by atoms with van der Waals surface area (Å²) in [7, 11) is -3.50. The Hall–Kier alpha value is -1.15. The number of sulfonamides is 1. The van der Waals surface area contributed by atoms with Gasteiger partial charge in [0.15, 0.2) is 0 Å². The van der Waals surface area contributed by atoms with Gasteiger partial charge in [-0.3, -0.25) is 4.79 Å². The average Bonchev–Trinajstić information content (AvgIpc) is 2.64. The van der Waals surface area contributed by atoms with E-state index in [9.17, 15) is 13.2 Å². The Balaban J connectivity index is 0.00000261. The van der Waals surface area contributed by atoms with Gasteiger partial charge in [0.25, 0.3) is 5.91 Å². The monoisotopic (exact) mass is 415 g/mol. The number of hydrogen-bond acceptors (Lipinski definition) is 4. The summed E-state index contributed by atoms with van der Waals surface area (Å²) in [5, 5.41) is 3.36. The molecule has 3 unspecified atom stereocenters. The number of amides is 1. The maximum atomic E-state index is 12.9. The highest BCUT2D eigenvalue weighted by molar-refractivity contribution is 7.89. The maximum Gasteiger partial charge on any atom is 0.254 e. The van der Waals surface area contributed by atoms with E-state index in [0.29, 0.717) is 18.7 Å². The SMILES string of the molecule is CC1NCCN(C(=O)c2ccc(S(=O)(=O)N3CCCCC3C)cc2)C1C.Cl. The lowest BCUT2D eigenvalue weighted by atomic mass is 10.1. The summed E-state index contributed by atoms with van der Waals surface area (Å²) in [6.07, 6.45) is 2.87. The summed E-state index contributed by atoms with van der Waals surface area (Å²) in [4.78, 5) is 14.9. The van der Waals surface area contributed by atoms with E-state index < -0.39 is 10.0 Å². The Bertz CT molecular complexity index is 754. The normalized spacial score (nSPS) is 27.1. The quantitative estimate of drug-likeness (QED) is 0.823. The number of piperidine rings is 1. The second kappa shape index (κ2) is 8.90. The summed E-state index contributed by atoms with van der Waals surface area (Å²) in [5.74, 6) is -0.0406. The van der Waals surface area contributed by atoms with Crippen molar-refractivity contribution in [3.8, 4) is 0 Å². The molecule has 2 aliphatic rings. The van der Waals surface area contributed by atoms with E-state index in [1.165, 1.54) is 0 Å². The average molecular weight is 416 g/mol. The number of rotatable bonds is 3. The molecular weight excluding hydrogens is 386 g/mol. The molecule has 3 rings (SSSR count). The lowest BCUT2D eigenvalue weighted by Crippen LogP contribution is -2.57. The summed E-state index contributed by atoms with van der Waals surface area (Å²) in [6.45, 7) is 8.07. The zero-order valence-corrected chi connectivity index (χ0v) is 17.9. The van der Waals surface area contributed by atoms with Gasteiger partial charge in [-0.15, -0.1) is 12.4 Å². The smallest absolute Gasteiger partial charge is 0.254 e. The predicted molar refractivity (Wildman–Crippen MR) is 109 cm³/mol. The van der Waals surface area contributed by atoms with Crippen LogP contribution in [-0.2, 0) is 10.0 Å².